The Morgan fingerprint density at radius 2 is 1.74 bits per heavy atom. The van der Waals surface area contributed by atoms with Crippen molar-refractivity contribution in [3.05, 3.63) is 0 Å². The van der Waals surface area contributed by atoms with Crippen LogP contribution in [0.4, 0.5) is 0 Å². The lowest BCUT2D eigenvalue weighted by Gasteiger charge is -2.40. The minimum absolute atomic E-state index is 0.0242. The van der Waals surface area contributed by atoms with Gasteiger partial charge in [-0.2, -0.15) is 0 Å². The molecule has 0 aromatic carbocycles. The van der Waals surface area contributed by atoms with Crippen molar-refractivity contribution in [3.8, 4) is 0 Å². The maximum Gasteiger partial charge on any atom is 0.0494 e. The molecule has 0 amide bonds. The van der Waals surface area contributed by atoms with E-state index in [2.05, 4.69) is 49.9 Å². The van der Waals surface area contributed by atoms with E-state index in [-0.39, 0.29) is 12.0 Å². The largest absolute Gasteiger partial charge is 0.396 e. The van der Waals surface area contributed by atoms with E-state index in [1.54, 1.807) is 0 Å². The summed E-state index contributed by atoms with van der Waals surface area (Å²) in [6.07, 6.45) is 0. The van der Waals surface area contributed by atoms with E-state index in [0.29, 0.717) is 12.0 Å². The van der Waals surface area contributed by atoms with Crippen LogP contribution in [0.3, 0.4) is 0 Å². The van der Waals surface area contributed by atoms with Crippen molar-refractivity contribution in [2.24, 2.45) is 11.3 Å². The molecule has 19 heavy (non-hydrogen) atoms. The van der Waals surface area contributed by atoms with Crippen molar-refractivity contribution in [3.63, 3.8) is 0 Å². The van der Waals surface area contributed by atoms with Crippen molar-refractivity contribution in [1.29, 1.82) is 0 Å². The normalized spacial score (nSPS) is 21.0. The van der Waals surface area contributed by atoms with Crippen LogP contribution in [0, 0.1) is 11.3 Å². The molecule has 0 aliphatic carbocycles. The molecule has 1 saturated heterocycles. The first-order chi connectivity index (χ1) is 8.85. The van der Waals surface area contributed by atoms with Gasteiger partial charge in [-0.25, -0.2) is 0 Å². The molecule has 4 nitrogen and oxygen atoms in total. The summed E-state index contributed by atoms with van der Waals surface area (Å²) < 4.78 is 0. The van der Waals surface area contributed by atoms with Crippen molar-refractivity contribution in [2.45, 2.75) is 33.7 Å². The zero-order chi connectivity index (χ0) is 14.5. The fraction of sp³-hybridized carbons (Fsp3) is 1.00. The number of piperazine rings is 1. The Kier molecular flexibility index (Phi) is 6.74. The van der Waals surface area contributed by atoms with Gasteiger partial charge in [-0.3, -0.25) is 4.90 Å². The number of rotatable bonds is 7. The first-order valence-electron chi connectivity index (χ1n) is 7.60. The number of hydrogen-bond donors (Lipinski definition) is 2. The summed E-state index contributed by atoms with van der Waals surface area (Å²) in [4.78, 5) is 5.01. The van der Waals surface area contributed by atoms with Crippen LogP contribution in [0.15, 0.2) is 0 Å². The highest BCUT2D eigenvalue weighted by Gasteiger charge is 2.25. The van der Waals surface area contributed by atoms with Gasteiger partial charge < -0.3 is 15.3 Å². The van der Waals surface area contributed by atoms with Crippen LogP contribution in [-0.4, -0.2) is 73.9 Å². The molecule has 0 radical (unpaired) electrons. The zero-order valence-electron chi connectivity index (χ0n) is 13.4. The van der Waals surface area contributed by atoms with E-state index in [9.17, 15) is 5.11 Å². The average Bonchev–Trinajstić information content (AvgIpc) is 2.36. The summed E-state index contributed by atoms with van der Waals surface area (Å²) in [5.41, 5.74) is -0.0242. The number of hydrogen-bond acceptors (Lipinski definition) is 4. The van der Waals surface area contributed by atoms with E-state index in [1.807, 2.05) is 0 Å². The first kappa shape index (κ1) is 16.9. The van der Waals surface area contributed by atoms with E-state index >= 15 is 0 Å². The van der Waals surface area contributed by atoms with Crippen LogP contribution in [0.2, 0.25) is 0 Å². The second-order valence-electron chi connectivity index (χ2n) is 7.10. The van der Waals surface area contributed by atoms with Crippen LogP contribution in [0.1, 0.15) is 27.7 Å². The lowest BCUT2D eigenvalue weighted by Crippen LogP contribution is -2.54. The first-order valence-corrected chi connectivity index (χ1v) is 7.60. The van der Waals surface area contributed by atoms with Crippen LogP contribution < -0.4 is 5.32 Å². The van der Waals surface area contributed by atoms with E-state index < -0.39 is 0 Å². The Labute approximate surface area is 119 Å². The molecule has 1 atom stereocenters. The minimum atomic E-state index is -0.0242. The zero-order valence-corrected chi connectivity index (χ0v) is 13.4. The van der Waals surface area contributed by atoms with Gasteiger partial charge in [0, 0.05) is 57.3 Å². The monoisotopic (exact) mass is 271 g/mol. The molecule has 1 fully saturated rings. The van der Waals surface area contributed by atoms with Crippen LogP contribution >= 0.6 is 0 Å². The molecule has 1 aliphatic rings. The lowest BCUT2D eigenvalue weighted by atomic mass is 9.94. The molecule has 0 bridgehead atoms. The third-order valence-electron chi connectivity index (χ3n) is 4.16. The number of nitrogens with zero attached hydrogens (tertiary/aromatic N) is 2. The van der Waals surface area contributed by atoms with Gasteiger partial charge >= 0.3 is 0 Å². The molecule has 0 spiro atoms. The van der Waals surface area contributed by atoms with Crippen molar-refractivity contribution < 1.29 is 5.11 Å². The molecular weight excluding hydrogens is 238 g/mol. The molecule has 1 unspecified atom stereocenters. The maximum absolute atomic E-state index is 9.29. The maximum atomic E-state index is 9.29. The summed E-state index contributed by atoms with van der Waals surface area (Å²) in [6, 6.07) is 0.600. The molecule has 2 N–H and O–H groups in total. The van der Waals surface area contributed by atoms with E-state index in [1.165, 1.54) is 26.2 Å². The number of aliphatic hydroxyl groups excluding tert-OH is 1. The highest BCUT2D eigenvalue weighted by molar-refractivity contribution is 4.82. The second kappa shape index (κ2) is 7.58. The van der Waals surface area contributed by atoms with Gasteiger partial charge in [0.2, 0.25) is 0 Å². The summed E-state index contributed by atoms with van der Waals surface area (Å²) in [5, 5.41) is 12.8. The molecule has 1 heterocycles. The Morgan fingerprint density at radius 3 is 2.21 bits per heavy atom. The highest BCUT2D eigenvalue weighted by Crippen LogP contribution is 2.15. The molecule has 0 saturated carbocycles. The SMILES string of the molecule is CC(C)C(CNCC(C)(C)CO)N1CCN(C)CC1. The van der Waals surface area contributed by atoms with Gasteiger partial charge in [-0.1, -0.05) is 27.7 Å². The van der Waals surface area contributed by atoms with Gasteiger partial charge in [-0.05, 0) is 13.0 Å². The summed E-state index contributed by atoms with van der Waals surface area (Å²) in [7, 11) is 2.20. The topological polar surface area (TPSA) is 38.7 Å². The Bertz CT molecular complexity index is 248. The summed E-state index contributed by atoms with van der Waals surface area (Å²) in [6.45, 7) is 15.6. The number of aliphatic hydroxyl groups is 1. The second-order valence-corrected chi connectivity index (χ2v) is 7.10. The van der Waals surface area contributed by atoms with E-state index in [0.717, 1.165) is 13.1 Å². The third-order valence-corrected chi connectivity index (χ3v) is 4.16. The lowest BCUT2D eigenvalue weighted by molar-refractivity contribution is 0.0836. The smallest absolute Gasteiger partial charge is 0.0494 e. The molecule has 0 aromatic rings. The molecule has 1 rings (SSSR count). The quantitative estimate of drug-likeness (QED) is 0.721. The van der Waals surface area contributed by atoms with Gasteiger partial charge in [0.1, 0.15) is 0 Å². The standard InChI is InChI=1S/C15H33N3O/c1-13(2)14(10-16-11-15(3,4)12-19)18-8-6-17(5)7-9-18/h13-14,16,19H,6-12H2,1-5H3. The van der Waals surface area contributed by atoms with Crippen molar-refractivity contribution in [1.82, 2.24) is 15.1 Å². The third kappa shape index (κ3) is 5.78. The van der Waals surface area contributed by atoms with Crippen molar-refractivity contribution >= 4 is 0 Å². The predicted octanol–water partition coefficient (Wildman–Crippen LogP) is 0.867. The molecule has 0 aromatic heterocycles. The Morgan fingerprint density at radius 1 is 1.16 bits per heavy atom. The average molecular weight is 271 g/mol. The fourth-order valence-electron chi connectivity index (χ4n) is 2.55. The summed E-state index contributed by atoms with van der Waals surface area (Å²) >= 11 is 0. The minimum Gasteiger partial charge on any atom is -0.396 e. The van der Waals surface area contributed by atoms with Crippen LogP contribution in [0.25, 0.3) is 0 Å². The van der Waals surface area contributed by atoms with Gasteiger partial charge in [0.05, 0.1) is 0 Å². The van der Waals surface area contributed by atoms with Crippen LogP contribution in [-0.2, 0) is 0 Å². The number of nitrogens with one attached hydrogen (secondary N) is 1. The van der Waals surface area contributed by atoms with Crippen LogP contribution in [0.5, 0.6) is 0 Å². The molecular formula is C15H33N3O. The predicted molar refractivity (Wildman–Crippen MR) is 81.4 cm³/mol. The Hall–Kier alpha value is -0.160. The fourth-order valence-corrected chi connectivity index (χ4v) is 2.55. The van der Waals surface area contributed by atoms with Gasteiger partial charge in [0.25, 0.3) is 0 Å². The van der Waals surface area contributed by atoms with Gasteiger partial charge in [-0.15, -0.1) is 0 Å². The molecule has 114 valence electrons. The number of likely N-dealkylation sites (N-methyl/N-ethyl adjacent to an activating group) is 1. The van der Waals surface area contributed by atoms with Crippen molar-refractivity contribution in [2.75, 3.05) is 52.9 Å². The van der Waals surface area contributed by atoms with E-state index in [4.69, 9.17) is 0 Å². The summed E-state index contributed by atoms with van der Waals surface area (Å²) in [5.74, 6) is 0.660. The molecule has 1 aliphatic heterocycles. The van der Waals surface area contributed by atoms with Gasteiger partial charge in [0.15, 0.2) is 0 Å². The molecule has 4 heteroatoms. The highest BCUT2D eigenvalue weighted by atomic mass is 16.3. The Balaban J connectivity index is 2.41.